The molecule has 0 aromatic heterocycles. The SMILES string of the molecule is CC(=O)O[C@H]1C=C2C[C@@H](OC(=O)c3ccccc3)CC[C@]2(C)C2CC[C@@]3(C)C(CC[C@@H]3OC(C)=O)C21. The van der Waals surface area contributed by atoms with Crippen LogP contribution in [0.1, 0.15) is 83.0 Å². The summed E-state index contributed by atoms with van der Waals surface area (Å²) in [5, 5.41) is 0. The first-order valence-corrected chi connectivity index (χ1v) is 13.4. The van der Waals surface area contributed by atoms with Crippen molar-refractivity contribution >= 4 is 17.9 Å². The quantitative estimate of drug-likeness (QED) is 0.306. The van der Waals surface area contributed by atoms with Gasteiger partial charge in [0.05, 0.1) is 5.56 Å². The van der Waals surface area contributed by atoms with Gasteiger partial charge in [-0.1, -0.05) is 37.6 Å². The van der Waals surface area contributed by atoms with Gasteiger partial charge in [-0.15, -0.1) is 0 Å². The smallest absolute Gasteiger partial charge is 0.338 e. The summed E-state index contributed by atoms with van der Waals surface area (Å²) in [4.78, 5) is 36.7. The molecule has 0 radical (unpaired) electrons. The Labute approximate surface area is 213 Å². The molecule has 0 bridgehead atoms. The van der Waals surface area contributed by atoms with Gasteiger partial charge >= 0.3 is 17.9 Å². The van der Waals surface area contributed by atoms with Crippen molar-refractivity contribution in [1.29, 1.82) is 0 Å². The molecule has 0 spiro atoms. The molecule has 1 aromatic rings. The van der Waals surface area contributed by atoms with Gasteiger partial charge in [-0.3, -0.25) is 9.59 Å². The Hall–Kier alpha value is -2.63. The molecule has 3 fully saturated rings. The molecule has 3 unspecified atom stereocenters. The highest BCUT2D eigenvalue weighted by molar-refractivity contribution is 5.89. The van der Waals surface area contributed by atoms with E-state index in [2.05, 4.69) is 19.9 Å². The number of carbonyl (C=O) groups is 3. The van der Waals surface area contributed by atoms with Crippen molar-refractivity contribution in [2.75, 3.05) is 0 Å². The fourth-order valence-corrected chi connectivity index (χ4v) is 8.13. The van der Waals surface area contributed by atoms with Gasteiger partial charge in [0.25, 0.3) is 0 Å². The molecule has 5 rings (SSSR count). The van der Waals surface area contributed by atoms with Crippen LogP contribution in [-0.4, -0.2) is 36.2 Å². The van der Waals surface area contributed by atoms with Crippen LogP contribution in [0.5, 0.6) is 0 Å². The summed E-state index contributed by atoms with van der Waals surface area (Å²) in [6.45, 7) is 7.59. The second kappa shape index (κ2) is 9.35. The number of carbonyl (C=O) groups excluding carboxylic acids is 3. The minimum absolute atomic E-state index is 0.0161. The maximum absolute atomic E-state index is 12.7. The molecule has 0 N–H and O–H groups in total. The van der Waals surface area contributed by atoms with E-state index < -0.39 is 0 Å². The van der Waals surface area contributed by atoms with E-state index in [4.69, 9.17) is 14.2 Å². The van der Waals surface area contributed by atoms with Crippen LogP contribution in [0.25, 0.3) is 0 Å². The highest BCUT2D eigenvalue weighted by atomic mass is 16.6. The Kier molecular flexibility index (Phi) is 6.50. The Morgan fingerprint density at radius 2 is 1.56 bits per heavy atom. The number of hydrogen-bond donors (Lipinski definition) is 0. The standard InChI is InChI=1S/C30H38O6/c1-18(31)34-25-17-21-16-22(36-28(33)20-8-6-5-7-9-20)12-14-29(21,3)24-13-15-30(4)23(27(24)25)10-11-26(30)35-19(2)32/h5-9,17,22-27H,10-16H2,1-4H3/t22-,23?,24?,25-,26-,27?,29-,30-/m0/s1. The molecule has 1 aromatic carbocycles. The third-order valence-corrected chi connectivity index (χ3v) is 9.87. The third kappa shape index (κ3) is 4.26. The molecule has 6 nitrogen and oxygen atoms in total. The normalized spacial score (nSPS) is 39.1. The van der Waals surface area contributed by atoms with E-state index in [9.17, 15) is 14.4 Å². The molecule has 0 aliphatic heterocycles. The van der Waals surface area contributed by atoms with Crippen LogP contribution in [0.3, 0.4) is 0 Å². The van der Waals surface area contributed by atoms with Crippen LogP contribution in [0, 0.1) is 28.6 Å². The van der Waals surface area contributed by atoms with Gasteiger partial charge in [-0.25, -0.2) is 4.79 Å². The van der Waals surface area contributed by atoms with Gasteiger partial charge in [0.1, 0.15) is 18.3 Å². The summed E-state index contributed by atoms with van der Waals surface area (Å²) in [5.74, 6) is 0.122. The Bertz CT molecular complexity index is 1060. The summed E-state index contributed by atoms with van der Waals surface area (Å²) >= 11 is 0. The molecule has 0 heterocycles. The number of ether oxygens (including phenoxy) is 3. The van der Waals surface area contributed by atoms with E-state index in [1.165, 1.54) is 19.4 Å². The Morgan fingerprint density at radius 1 is 0.833 bits per heavy atom. The minimum atomic E-state index is -0.306. The van der Waals surface area contributed by atoms with E-state index in [1.807, 2.05) is 18.2 Å². The van der Waals surface area contributed by atoms with Crippen LogP contribution >= 0.6 is 0 Å². The fraction of sp³-hybridized carbons (Fsp3) is 0.633. The predicted molar refractivity (Wildman–Crippen MR) is 134 cm³/mol. The van der Waals surface area contributed by atoms with Crippen molar-refractivity contribution in [2.24, 2.45) is 28.6 Å². The first kappa shape index (κ1) is 25.0. The van der Waals surface area contributed by atoms with Crippen molar-refractivity contribution in [3.63, 3.8) is 0 Å². The van der Waals surface area contributed by atoms with Crippen molar-refractivity contribution in [1.82, 2.24) is 0 Å². The second-order valence-corrected chi connectivity index (χ2v) is 11.8. The number of rotatable bonds is 4. The summed E-state index contributed by atoms with van der Waals surface area (Å²) < 4.78 is 17.7. The van der Waals surface area contributed by atoms with Crippen LogP contribution < -0.4 is 0 Å². The number of esters is 3. The monoisotopic (exact) mass is 494 g/mol. The molecule has 4 aliphatic carbocycles. The molecule has 0 saturated heterocycles. The summed E-state index contributed by atoms with van der Waals surface area (Å²) in [6.07, 6.45) is 7.90. The van der Waals surface area contributed by atoms with Gasteiger partial charge in [-0.2, -0.15) is 0 Å². The van der Waals surface area contributed by atoms with E-state index >= 15 is 0 Å². The van der Waals surface area contributed by atoms with Crippen molar-refractivity contribution in [3.8, 4) is 0 Å². The minimum Gasteiger partial charge on any atom is -0.462 e. The van der Waals surface area contributed by atoms with Gasteiger partial charge in [0.2, 0.25) is 0 Å². The summed E-state index contributed by atoms with van der Waals surface area (Å²) in [6, 6.07) is 9.12. The lowest BCUT2D eigenvalue weighted by Crippen LogP contribution is -2.56. The lowest BCUT2D eigenvalue weighted by molar-refractivity contribution is -0.166. The van der Waals surface area contributed by atoms with E-state index in [-0.39, 0.29) is 53.0 Å². The largest absolute Gasteiger partial charge is 0.462 e. The van der Waals surface area contributed by atoms with Gasteiger partial charge in [0, 0.05) is 31.6 Å². The number of benzene rings is 1. The summed E-state index contributed by atoms with van der Waals surface area (Å²) in [5.41, 5.74) is 1.70. The number of fused-ring (bicyclic) bond motifs is 5. The van der Waals surface area contributed by atoms with Crippen LogP contribution in [0.4, 0.5) is 0 Å². The van der Waals surface area contributed by atoms with Gasteiger partial charge in [-0.05, 0) is 74.0 Å². The molecule has 4 aliphatic rings. The Morgan fingerprint density at radius 3 is 2.25 bits per heavy atom. The third-order valence-electron chi connectivity index (χ3n) is 9.87. The van der Waals surface area contributed by atoms with Crippen molar-refractivity contribution < 1.29 is 28.6 Å². The molecule has 194 valence electrons. The van der Waals surface area contributed by atoms with Crippen LogP contribution in [-0.2, 0) is 23.8 Å². The number of hydrogen-bond acceptors (Lipinski definition) is 6. The zero-order valence-corrected chi connectivity index (χ0v) is 21.8. The van der Waals surface area contributed by atoms with E-state index in [0.29, 0.717) is 23.8 Å². The maximum atomic E-state index is 12.7. The molecule has 0 amide bonds. The van der Waals surface area contributed by atoms with Crippen molar-refractivity contribution in [2.45, 2.75) is 91.0 Å². The van der Waals surface area contributed by atoms with Gasteiger partial charge < -0.3 is 14.2 Å². The molecule has 8 atom stereocenters. The van der Waals surface area contributed by atoms with E-state index in [1.54, 1.807) is 12.1 Å². The molecule has 3 saturated carbocycles. The highest BCUT2D eigenvalue weighted by Gasteiger charge is 2.62. The highest BCUT2D eigenvalue weighted by Crippen LogP contribution is 2.65. The molecular formula is C30H38O6. The topological polar surface area (TPSA) is 78.9 Å². The zero-order valence-electron chi connectivity index (χ0n) is 21.8. The van der Waals surface area contributed by atoms with Crippen molar-refractivity contribution in [3.05, 3.63) is 47.5 Å². The van der Waals surface area contributed by atoms with Crippen LogP contribution in [0.15, 0.2) is 42.0 Å². The fourth-order valence-electron chi connectivity index (χ4n) is 8.13. The lowest BCUT2D eigenvalue weighted by Gasteiger charge is -2.59. The predicted octanol–water partition coefficient (Wildman–Crippen LogP) is 5.65. The molecular weight excluding hydrogens is 456 g/mol. The van der Waals surface area contributed by atoms with E-state index in [0.717, 1.165) is 38.5 Å². The first-order chi connectivity index (χ1) is 17.1. The zero-order chi connectivity index (χ0) is 25.7. The molecule has 36 heavy (non-hydrogen) atoms. The lowest BCUT2D eigenvalue weighted by atomic mass is 9.47. The first-order valence-electron chi connectivity index (χ1n) is 13.4. The average molecular weight is 495 g/mol. The summed E-state index contributed by atoms with van der Waals surface area (Å²) in [7, 11) is 0. The molecule has 6 heteroatoms. The second-order valence-electron chi connectivity index (χ2n) is 11.8. The Balaban J connectivity index is 1.42. The van der Waals surface area contributed by atoms with Gasteiger partial charge in [0.15, 0.2) is 0 Å². The van der Waals surface area contributed by atoms with Crippen LogP contribution in [0.2, 0.25) is 0 Å². The average Bonchev–Trinajstić information content (AvgIpc) is 3.15. The maximum Gasteiger partial charge on any atom is 0.338 e.